The molecule has 0 spiro atoms. The molecule has 2 fully saturated rings. The summed E-state index contributed by atoms with van der Waals surface area (Å²) in [5, 5.41) is 3.37. The lowest BCUT2D eigenvalue weighted by atomic mass is 9.99. The van der Waals surface area contributed by atoms with Crippen molar-refractivity contribution in [3.63, 3.8) is 0 Å². The van der Waals surface area contributed by atoms with Gasteiger partial charge in [0.2, 0.25) is 0 Å². The number of piperidine rings is 1. The zero-order chi connectivity index (χ0) is 8.23. The lowest BCUT2D eigenvalue weighted by Crippen LogP contribution is -2.23. The molecule has 2 saturated heterocycles. The highest BCUT2D eigenvalue weighted by Crippen LogP contribution is 2.19. The Morgan fingerprint density at radius 2 is 2.08 bits per heavy atom. The fourth-order valence-corrected chi connectivity index (χ4v) is 1.93. The smallest absolute Gasteiger partial charge is 0.0529 e. The lowest BCUT2D eigenvalue weighted by Gasteiger charge is -2.16. The van der Waals surface area contributed by atoms with Gasteiger partial charge >= 0.3 is 0 Å². The minimum absolute atomic E-state index is 0. The predicted molar refractivity (Wildman–Crippen MR) is 56.4 cm³/mol. The molecule has 2 aliphatic heterocycles. The molecule has 76 valence electrons. The minimum atomic E-state index is 0. The van der Waals surface area contributed by atoms with Crippen LogP contribution in [0.3, 0.4) is 0 Å². The van der Waals surface area contributed by atoms with Crippen molar-refractivity contribution in [1.82, 2.24) is 5.32 Å². The summed E-state index contributed by atoms with van der Waals surface area (Å²) in [7, 11) is 0. The third-order valence-electron chi connectivity index (χ3n) is 2.68. The maximum absolute atomic E-state index is 5.34. The fourth-order valence-electron chi connectivity index (χ4n) is 1.93. The molecule has 0 aromatic rings. The maximum Gasteiger partial charge on any atom is 0.0529 e. The summed E-state index contributed by atoms with van der Waals surface area (Å²) in [5.41, 5.74) is 1.64. The van der Waals surface area contributed by atoms with Crippen LogP contribution in [0.5, 0.6) is 0 Å². The zero-order valence-electron chi connectivity index (χ0n) is 7.92. The Morgan fingerprint density at radius 3 is 2.69 bits per heavy atom. The van der Waals surface area contributed by atoms with E-state index in [0.717, 1.165) is 19.1 Å². The minimum Gasteiger partial charge on any atom is -0.381 e. The van der Waals surface area contributed by atoms with Crippen LogP contribution in [-0.2, 0) is 4.74 Å². The van der Waals surface area contributed by atoms with Gasteiger partial charge in [0.1, 0.15) is 0 Å². The van der Waals surface area contributed by atoms with Gasteiger partial charge in [-0.05, 0) is 32.4 Å². The largest absolute Gasteiger partial charge is 0.381 e. The first-order chi connectivity index (χ1) is 5.95. The zero-order valence-corrected chi connectivity index (χ0v) is 8.74. The van der Waals surface area contributed by atoms with Gasteiger partial charge in [0.05, 0.1) is 6.61 Å². The Labute approximate surface area is 86.1 Å². The molecule has 0 bridgehead atoms. The van der Waals surface area contributed by atoms with Gasteiger partial charge in [0.25, 0.3) is 0 Å². The molecule has 3 heteroatoms. The molecule has 13 heavy (non-hydrogen) atoms. The predicted octanol–water partition coefficient (Wildman–Crippen LogP) is 1.75. The van der Waals surface area contributed by atoms with Crippen LogP contribution < -0.4 is 5.32 Å². The van der Waals surface area contributed by atoms with E-state index in [1.807, 2.05) is 0 Å². The van der Waals surface area contributed by atoms with Crippen LogP contribution in [0.15, 0.2) is 11.6 Å². The quantitative estimate of drug-likeness (QED) is 0.656. The van der Waals surface area contributed by atoms with Gasteiger partial charge in [-0.3, -0.25) is 0 Å². The molecular weight excluding hydrogens is 186 g/mol. The third-order valence-corrected chi connectivity index (χ3v) is 2.68. The Kier molecular flexibility index (Phi) is 4.78. The van der Waals surface area contributed by atoms with Crippen molar-refractivity contribution < 1.29 is 4.74 Å². The standard InChI is InChI=1S/C10H17NO.ClH/c1-4-11-5-2-9(1)7-10-3-6-12-8-10;/h7,10-11H,1-6,8H2;1H. The topological polar surface area (TPSA) is 21.3 Å². The van der Waals surface area contributed by atoms with Crippen LogP contribution in [0.25, 0.3) is 0 Å². The first-order valence-electron chi connectivity index (χ1n) is 4.93. The van der Waals surface area contributed by atoms with Crippen molar-refractivity contribution in [3.05, 3.63) is 11.6 Å². The van der Waals surface area contributed by atoms with E-state index < -0.39 is 0 Å². The lowest BCUT2D eigenvalue weighted by molar-refractivity contribution is 0.191. The van der Waals surface area contributed by atoms with E-state index in [-0.39, 0.29) is 12.4 Å². The Bertz CT molecular complexity index is 168. The van der Waals surface area contributed by atoms with Crippen molar-refractivity contribution in [3.8, 4) is 0 Å². The molecule has 0 saturated carbocycles. The molecule has 2 nitrogen and oxygen atoms in total. The first-order valence-corrected chi connectivity index (χ1v) is 4.93. The molecule has 2 heterocycles. The van der Waals surface area contributed by atoms with E-state index >= 15 is 0 Å². The van der Waals surface area contributed by atoms with E-state index in [1.54, 1.807) is 5.57 Å². The summed E-state index contributed by atoms with van der Waals surface area (Å²) in [5.74, 6) is 0.720. The van der Waals surface area contributed by atoms with Gasteiger partial charge in [0, 0.05) is 12.5 Å². The van der Waals surface area contributed by atoms with Crippen LogP contribution in [0.2, 0.25) is 0 Å². The molecule has 1 unspecified atom stereocenters. The second kappa shape index (κ2) is 5.63. The van der Waals surface area contributed by atoms with Gasteiger partial charge in [0.15, 0.2) is 0 Å². The summed E-state index contributed by atoms with van der Waals surface area (Å²) in [6.07, 6.45) is 6.18. The second-order valence-corrected chi connectivity index (χ2v) is 3.70. The average Bonchev–Trinajstić information content (AvgIpc) is 2.59. The summed E-state index contributed by atoms with van der Waals surface area (Å²) >= 11 is 0. The van der Waals surface area contributed by atoms with Crippen LogP contribution in [-0.4, -0.2) is 26.3 Å². The van der Waals surface area contributed by atoms with Crippen LogP contribution >= 0.6 is 12.4 Å². The normalized spacial score (nSPS) is 28.3. The number of hydrogen-bond acceptors (Lipinski definition) is 2. The summed E-state index contributed by atoms with van der Waals surface area (Å²) in [4.78, 5) is 0. The molecule has 2 rings (SSSR count). The molecule has 0 aromatic carbocycles. The monoisotopic (exact) mass is 203 g/mol. The van der Waals surface area contributed by atoms with Crippen molar-refractivity contribution in [2.45, 2.75) is 19.3 Å². The molecule has 2 aliphatic rings. The van der Waals surface area contributed by atoms with Gasteiger partial charge in [-0.2, -0.15) is 0 Å². The summed E-state index contributed by atoms with van der Waals surface area (Å²) < 4.78 is 5.34. The highest BCUT2D eigenvalue weighted by Gasteiger charge is 2.14. The Balaban J connectivity index is 0.000000845. The van der Waals surface area contributed by atoms with Crippen LogP contribution in [0.4, 0.5) is 0 Å². The van der Waals surface area contributed by atoms with Gasteiger partial charge in [-0.15, -0.1) is 12.4 Å². The van der Waals surface area contributed by atoms with E-state index in [1.165, 1.54) is 32.4 Å². The average molecular weight is 204 g/mol. The molecule has 0 amide bonds. The Morgan fingerprint density at radius 1 is 1.31 bits per heavy atom. The maximum atomic E-state index is 5.34. The molecular formula is C10H18ClNO. The van der Waals surface area contributed by atoms with Crippen molar-refractivity contribution in [2.75, 3.05) is 26.3 Å². The summed E-state index contributed by atoms with van der Waals surface area (Å²) in [6, 6.07) is 0. The molecule has 0 aromatic heterocycles. The number of ether oxygens (including phenoxy) is 1. The number of hydrogen-bond donors (Lipinski definition) is 1. The SMILES string of the molecule is C(=C1CCNCC1)C1CCOC1.Cl. The highest BCUT2D eigenvalue weighted by molar-refractivity contribution is 5.85. The van der Waals surface area contributed by atoms with E-state index in [2.05, 4.69) is 11.4 Å². The first kappa shape index (κ1) is 11.0. The van der Waals surface area contributed by atoms with Gasteiger partial charge < -0.3 is 10.1 Å². The molecule has 1 N–H and O–H groups in total. The Hall–Kier alpha value is -0.0500. The van der Waals surface area contributed by atoms with E-state index in [4.69, 9.17) is 4.74 Å². The molecule has 0 radical (unpaired) electrons. The van der Waals surface area contributed by atoms with Crippen LogP contribution in [0, 0.1) is 5.92 Å². The second-order valence-electron chi connectivity index (χ2n) is 3.70. The van der Waals surface area contributed by atoms with Crippen molar-refractivity contribution >= 4 is 12.4 Å². The number of halogens is 1. The highest BCUT2D eigenvalue weighted by atomic mass is 35.5. The number of nitrogens with one attached hydrogen (secondary N) is 1. The van der Waals surface area contributed by atoms with Crippen molar-refractivity contribution in [1.29, 1.82) is 0 Å². The van der Waals surface area contributed by atoms with Gasteiger partial charge in [-0.25, -0.2) is 0 Å². The fraction of sp³-hybridized carbons (Fsp3) is 0.800. The van der Waals surface area contributed by atoms with Crippen LogP contribution in [0.1, 0.15) is 19.3 Å². The third kappa shape index (κ3) is 3.29. The molecule has 0 aliphatic carbocycles. The van der Waals surface area contributed by atoms with E-state index in [9.17, 15) is 0 Å². The van der Waals surface area contributed by atoms with E-state index in [0.29, 0.717) is 0 Å². The molecule has 1 atom stereocenters. The number of rotatable bonds is 1. The van der Waals surface area contributed by atoms with Gasteiger partial charge in [-0.1, -0.05) is 11.6 Å². The summed E-state index contributed by atoms with van der Waals surface area (Å²) in [6.45, 7) is 4.25. The van der Waals surface area contributed by atoms with Crippen molar-refractivity contribution in [2.24, 2.45) is 5.92 Å².